The van der Waals surface area contributed by atoms with Gasteiger partial charge in [-0.15, -0.1) is 11.3 Å². The highest BCUT2D eigenvalue weighted by atomic mass is 32.1. The van der Waals surface area contributed by atoms with Gasteiger partial charge in [0, 0.05) is 25.1 Å². The number of hydrogen-bond donors (Lipinski definition) is 3. The van der Waals surface area contributed by atoms with E-state index in [9.17, 15) is 36.3 Å². The van der Waals surface area contributed by atoms with Gasteiger partial charge in [-0.3, -0.25) is 14.4 Å². The molecule has 0 saturated carbocycles. The Morgan fingerprint density at radius 1 is 1.13 bits per heavy atom. The van der Waals surface area contributed by atoms with Crippen molar-refractivity contribution in [3.8, 4) is 0 Å². The lowest BCUT2D eigenvalue weighted by atomic mass is 9.80. The van der Waals surface area contributed by atoms with Crippen LogP contribution in [-0.2, 0) is 27.6 Å². The van der Waals surface area contributed by atoms with Crippen molar-refractivity contribution >= 4 is 34.7 Å². The van der Waals surface area contributed by atoms with Gasteiger partial charge < -0.3 is 21.3 Å². The molecule has 3 aromatic rings. The van der Waals surface area contributed by atoms with Gasteiger partial charge >= 0.3 is 6.18 Å². The SMILES string of the molecule is N[C@@H]1C[C@@]2(CN1C(=O)[C@H](Cc1cccc(F)c1)NC(=O)c1ccc(C(F)(F)F)s1)C(=O)Nc1ccc(F)cc12. The van der Waals surface area contributed by atoms with Crippen molar-refractivity contribution in [3.05, 3.63) is 87.1 Å². The first-order valence-electron chi connectivity index (χ1n) is 11.8. The Morgan fingerprint density at radius 2 is 1.87 bits per heavy atom. The number of hydrogen-bond acceptors (Lipinski definition) is 5. The highest BCUT2D eigenvalue weighted by Gasteiger charge is 2.55. The monoisotopic (exact) mass is 564 g/mol. The van der Waals surface area contributed by atoms with Crippen LogP contribution in [0.5, 0.6) is 0 Å². The summed E-state index contributed by atoms with van der Waals surface area (Å²) < 4.78 is 67.1. The summed E-state index contributed by atoms with van der Waals surface area (Å²) in [5.74, 6) is -3.27. The van der Waals surface area contributed by atoms with Gasteiger partial charge in [0.15, 0.2) is 0 Å². The first-order valence-corrected chi connectivity index (χ1v) is 12.6. The summed E-state index contributed by atoms with van der Waals surface area (Å²) in [6, 6.07) is 9.50. The number of thiophene rings is 1. The molecule has 4 N–H and O–H groups in total. The second-order valence-electron chi connectivity index (χ2n) is 9.49. The molecule has 0 bridgehead atoms. The molecule has 0 unspecified atom stereocenters. The topological polar surface area (TPSA) is 105 Å². The van der Waals surface area contributed by atoms with Crippen LogP contribution in [0.15, 0.2) is 54.6 Å². The van der Waals surface area contributed by atoms with Crippen LogP contribution in [0.2, 0.25) is 0 Å². The zero-order valence-electron chi connectivity index (χ0n) is 20.0. The van der Waals surface area contributed by atoms with E-state index in [0.717, 1.165) is 18.2 Å². The maximum atomic E-state index is 14.1. The normalized spacial score (nSPS) is 21.1. The van der Waals surface area contributed by atoms with Crippen LogP contribution in [-0.4, -0.2) is 41.4 Å². The second kappa shape index (κ2) is 9.72. The Labute approximate surface area is 222 Å². The number of alkyl halides is 3. The van der Waals surface area contributed by atoms with Crippen molar-refractivity contribution in [1.29, 1.82) is 0 Å². The molecule has 3 atom stereocenters. The quantitative estimate of drug-likeness (QED) is 0.410. The maximum Gasteiger partial charge on any atom is 0.425 e. The molecule has 13 heteroatoms. The summed E-state index contributed by atoms with van der Waals surface area (Å²) in [4.78, 5) is 39.6. The van der Waals surface area contributed by atoms with Crippen LogP contribution < -0.4 is 16.4 Å². The molecule has 1 spiro atoms. The summed E-state index contributed by atoms with van der Waals surface area (Å²) >= 11 is 0.217. The molecular formula is C26H21F5N4O3S. The fraction of sp³-hybridized carbons (Fsp3) is 0.269. The van der Waals surface area contributed by atoms with Crippen LogP contribution in [0.4, 0.5) is 27.6 Å². The third kappa shape index (κ3) is 4.99. The summed E-state index contributed by atoms with van der Waals surface area (Å²) in [7, 11) is 0. The molecule has 7 nitrogen and oxygen atoms in total. The Kier molecular flexibility index (Phi) is 6.67. The Morgan fingerprint density at radius 3 is 2.56 bits per heavy atom. The van der Waals surface area contributed by atoms with E-state index in [2.05, 4.69) is 10.6 Å². The van der Waals surface area contributed by atoms with Crippen molar-refractivity contribution in [2.75, 3.05) is 11.9 Å². The summed E-state index contributed by atoms with van der Waals surface area (Å²) in [5.41, 5.74) is 6.03. The van der Waals surface area contributed by atoms with Gasteiger partial charge in [0.25, 0.3) is 5.91 Å². The third-order valence-corrected chi connectivity index (χ3v) is 8.03. The van der Waals surface area contributed by atoms with Gasteiger partial charge in [-0.05, 0) is 53.6 Å². The van der Waals surface area contributed by atoms with E-state index < -0.39 is 58.0 Å². The number of amides is 3. The number of halogens is 5. The predicted molar refractivity (Wildman–Crippen MR) is 132 cm³/mol. The number of likely N-dealkylation sites (tertiary alicyclic amines) is 1. The highest BCUT2D eigenvalue weighted by Crippen LogP contribution is 2.46. The lowest BCUT2D eigenvalue weighted by Crippen LogP contribution is -2.53. The molecule has 3 amide bonds. The molecule has 3 heterocycles. The fourth-order valence-electron chi connectivity index (χ4n) is 5.07. The first-order chi connectivity index (χ1) is 18.4. The van der Waals surface area contributed by atoms with Gasteiger partial charge in [-0.25, -0.2) is 8.78 Å². The Hall–Kier alpha value is -3.84. The zero-order valence-corrected chi connectivity index (χ0v) is 20.8. The van der Waals surface area contributed by atoms with E-state index in [0.29, 0.717) is 16.8 Å². The summed E-state index contributed by atoms with van der Waals surface area (Å²) in [6.45, 7) is -0.220. The van der Waals surface area contributed by atoms with Crippen molar-refractivity contribution in [1.82, 2.24) is 10.2 Å². The van der Waals surface area contributed by atoms with E-state index in [-0.39, 0.29) is 35.6 Å². The molecule has 2 aliphatic rings. The molecular weight excluding hydrogens is 543 g/mol. The smallest absolute Gasteiger partial charge is 0.339 e. The van der Waals surface area contributed by atoms with E-state index in [1.54, 1.807) is 0 Å². The van der Waals surface area contributed by atoms with Gasteiger partial charge in [0.05, 0.1) is 16.5 Å². The van der Waals surface area contributed by atoms with Gasteiger partial charge in [0.1, 0.15) is 22.6 Å². The number of carbonyl (C=O) groups excluding carboxylic acids is 3. The number of nitrogens with zero attached hydrogens (tertiary/aromatic N) is 1. The van der Waals surface area contributed by atoms with Crippen LogP contribution in [0.25, 0.3) is 0 Å². The molecule has 2 aliphatic heterocycles. The number of benzene rings is 2. The number of carbonyl (C=O) groups is 3. The van der Waals surface area contributed by atoms with Crippen molar-refractivity contribution < 1.29 is 36.3 Å². The van der Waals surface area contributed by atoms with E-state index in [4.69, 9.17) is 5.73 Å². The summed E-state index contributed by atoms with van der Waals surface area (Å²) in [6.07, 6.45) is -5.87. The zero-order chi connectivity index (χ0) is 28.1. The average Bonchev–Trinajstić information content (AvgIpc) is 3.56. The molecule has 204 valence electrons. The number of fused-ring (bicyclic) bond motifs is 2. The largest absolute Gasteiger partial charge is 0.425 e. The van der Waals surface area contributed by atoms with Gasteiger partial charge in [-0.1, -0.05) is 12.1 Å². The minimum Gasteiger partial charge on any atom is -0.339 e. The van der Waals surface area contributed by atoms with Crippen LogP contribution in [0.3, 0.4) is 0 Å². The molecule has 2 aromatic carbocycles. The molecule has 1 aromatic heterocycles. The minimum atomic E-state index is -4.64. The molecule has 39 heavy (non-hydrogen) atoms. The van der Waals surface area contributed by atoms with E-state index >= 15 is 0 Å². The van der Waals surface area contributed by atoms with Gasteiger partial charge in [-0.2, -0.15) is 13.2 Å². The number of rotatable bonds is 5. The Bertz CT molecular complexity index is 1480. The standard InChI is InChI=1S/C26H21F5N4O3S/c27-14-3-1-2-13(8-14)9-18(33-22(36)19-6-7-20(39-19)26(29,30)31)23(37)35-12-25(11-21(35)32)16-10-15(28)4-5-17(16)34-24(25)38/h1-8,10,18,21H,9,11-12,32H2,(H,33,36)(H,34,38)/t18-,21-,25-/m0/s1. The van der Waals surface area contributed by atoms with Crippen LogP contribution in [0, 0.1) is 11.6 Å². The fourth-order valence-corrected chi connectivity index (χ4v) is 5.84. The first kappa shape index (κ1) is 26.8. The number of anilines is 1. The predicted octanol–water partition coefficient (Wildman–Crippen LogP) is 3.79. The van der Waals surface area contributed by atoms with Crippen molar-refractivity contribution in [2.45, 2.75) is 36.6 Å². The molecule has 0 aliphatic carbocycles. The van der Waals surface area contributed by atoms with Crippen LogP contribution in [0.1, 0.15) is 32.1 Å². The van der Waals surface area contributed by atoms with Gasteiger partial charge in [0.2, 0.25) is 11.8 Å². The van der Waals surface area contributed by atoms with Crippen molar-refractivity contribution in [2.24, 2.45) is 5.73 Å². The molecule has 0 radical (unpaired) electrons. The second-order valence-corrected chi connectivity index (χ2v) is 10.6. The highest BCUT2D eigenvalue weighted by molar-refractivity contribution is 7.14. The maximum absolute atomic E-state index is 14.1. The molecule has 1 fully saturated rings. The number of nitrogens with one attached hydrogen (secondary N) is 2. The minimum absolute atomic E-state index is 0.0263. The van der Waals surface area contributed by atoms with E-state index in [1.807, 2.05) is 0 Å². The van der Waals surface area contributed by atoms with Crippen molar-refractivity contribution in [3.63, 3.8) is 0 Å². The molecule has 5 rings (SSSR count). The van der Waals surface area contributed by atoms with Crippen LogP contribution >= 0.6 is 11.3 Å². The number of nitrogens with two attached hydrogens (primary N) is 1. The molecule has 1 saturated heterocycles. The lowest BCUT2D eigenvalue weighted by Gasteiger charge is -2.28. The Balaban J connectivity index is 1.44. The summed E-state index contributed by atoms with van der Waals surface area (Å²) in [5, 5.41) is 5.14. The van der Waals surface area contributed by atoms with E-state index in [1.165, 1.54) is 41.3 Å². The third-order valence-electron chi connectivity index (χ3n) is 6.90. The average molecular weight is 565 g/mol. The lowest BCUT2D eigenvalue weighted by molar-refractivity contribution is -0.135.